The van der Waals surface area contributed by atoms with Crippen LogP contribution in [-0.4, -0.2) is 20.2 Å². The summed E-state index contributed by atoms with van der Waals surface area (Å²) in [5.74, 6) is 1.23. The Balaban J connectivity index is 2.03. The Morgan fingerprint density at radius 3 is 2.72 bits per heavy atom. The Morgan fingerprint density at radius 1 is 1.17 bits per heavy atom. The molecule has 0 aliphatic heterocycles. The molecule has 3 aromatic rings. The highest BCUT2D eigenvalue weighted by molar-refractivity contribution is 14.1. The van der Waals surface area contributed by atoms with E-state index in [1.165, 1.54) is 0 Å². The molecule has 1 aromatic carbocycles. The van der Waals surface area contributed by atoms with E-state index in [2.05, 4.69) is 42.8 Å². The summed E-state index contributed by atoms with van der Waals surface area (Å²) in [6.45, 7) is 0. The maximum atomic E-state index is 5.69. The summed E-state index contributed by atoms with van der Waals surface area (Å²) >= 11 is 2.23. The number of ether oxygens (including phenoxy) is 1. The first kappa shape index (κ1) is 11.2. The number of hydrogen-bond acceptors (Lipinski definition) is 5. The van der Waals surface area contributed by atoms with Crippen molar-refractivity contribution in [2.45, 2.75) is 0 Å². The molecular weight excluding hydrogens is 345 g/mol. The molecule has 0 aliphatic carbocycles. The predicted molar refractivity (Wildman–Crippen MR) is 75.3 cm³/mol. The second-order valence-corrected chi connectivity index (χ2v) is 4.82. The van der Waals surface area contributed by atoms with Gasteiger partial charge in [-0.1, -0.05) is 0 Å². The van der Waals surface area contributed by atoms with Crippen molar-refractivity contribution in [2.75, 3.05) is 5.73 Å². The Labute approximate surface area is 116 Å². The van der Waals surface area contributed by atoms with Crippen LogP contribution in [0.25, 0.3) is 11.0 Å². The third kappa shape index (κ3) is 2.08. The number of anilines is 1. The fourth-order valence-electron chi connectivity index (χ4n) is 1.52. The molecule has 0 bridgehead atoms. The number of fused-ring (bicyclic) bond motifs is 1. The van der Waals surface area contributed by atoms with Gasteiger partial charge in [-0.15, -0.1) is 0 Å². The molecule has 7 heteroatoms. The minimum Gasteiger partial charge on any atom is -0.438 e. The number of hydrogen-bond donors (Lipinski definition) is 2. The summed E-state index contributed by atoms with van der Waals surface area (Å²) < 4.78 is 6.83. The molecule has 90 valence electrons. The fourth-order valence-corrected chi connectivity index (χ4v) is 1.88. The third-order valence-corrected chi connectivity index (χ3v) is 3.04. The monoisotopic (exact) mass is 353 g/mol. The number of halogens is 1. The van der Waals surface area contributed by atoms with Crippen LogP contribution in [0.1, 0.15) is 0 Å². The van der Waals surface area contributed by atoms with Crippen molar-refractivity contribution < 1.29 is 4.74 Å². The first-order valence-corrected chi connectivity index (χ1v) is 6.20. The van der Waals surface area contributed by atoms with Gasteiger partial charge in [0.2, 0.25) is 11.8 Å². The minimum atomic E-state index is 0.146. The molecule has 0 atom stereocenters. The Morgan fingerprint density at radius 2 is 1.94 bits per heavy atom. The summed E-state index contributed by atoms with van der Waals surface area (Å²) in [5, 5.41) is 7.32. The number of nitrogens with zero attached hydrogens (tertiary/aromatic N) is 3. The smallest absolute Gasteiger partial charge is 0.235 e. The van der Waals surface area contributed by atoms with Crippen molar-refractivity contribution in [1.29, 1.82) is 0 Å². The van der Waals surface area contributed by atoms with Gasteiger partial charge in [0, 0.05) is 3.57 Å². The molecule has 2 heterocycles. The van der Waals surface area contributed by atoms with E-state index in [0.717, 1.165) is 3.57 Å². The number of nitrogen functional groups attached to an aromatic ring is 1. The van der Waals surface area contributed by atoms with E-state index < -0.39 is 0 Å². The Bertz CT molecular complexity index is 694. The predicted octanol–water partition coefficient (Wildman–Crippen LogP) is 2.33. The van der Waals surface area contributed by atoms with Gasteiger partial charge in [0.15, 0.2) is 5.65 Å². The maximum Gasteiger partial charge on any atom is 0.235 e. The molecule has 2 aromatic heterocycles. The average Bonchev–Trinajstić information content (AvgIpc) is 2.80. The second-order valence-electron chi connectivity index (χ2n) is 3.58. The van der Waals surface area contributed by atoms with Crippen LogP contribution in [0.15, 0.2) is 30.5 Å². The van der Waals surface area contributed by atoms with E-state index in [4.69, 9.17) is 10.5 Å². The first-order valence-electron chi connectivity index (χ1n) is 5.12. The molecule has 3 rings (SSSR count). The zero-order valence-corrected chi connectivity index (χ0v) is 11.2. The van der Waals surface area contributed by atoms with Crippen LogP contribution >= 0.6 is 22.6 Å². The van der Waals surface area contributed by atoms with Crippen molar-refractivity contribution in [3.05, 3.63) is 34.0 Å². The highest BCUT2D eigenvalue weighted by Gasteiger charge is 2.10. The van der Waals surface area contributed by atoms with E-state index in [1.54, 1.807) is 6.20 Å². The first-order chi connectivity index (χ1) is 8.72. The third-order valence-electron chi connectivity index (χ3n) is 2.32. The number of aromatic amines is 1. The van der Waals surface area contributed by atoms with Crippen molar-refractivity contribution in [3.8, 4) is 11.6 Å². The standard InChI is InChI=1S/C11H8IN5O/c12-6-1-3-7(4-2-6)18-10-8-5-14-17-9(8)15-11(13)16-10/h1-5H,(H3,13,14,15,16,17). The van der Waals surface area contributed by atoms with Gasteiger partial charge in [-0.2, -0.15) is 15.1 Å². The zero-order valence-electron chi connectivity index (χ0n) is 9.09. The molecular formula is C11H8IN5O. The lowest BCUT2D eigenvalue weighted by molar-refractivity contribution is 0.469. The van der Waals surface area contributed by atoms with Gasteiger partial charge in [-0.3, -0.25) is 5.10 Å². The lowest BCUT2D eigenvalue weighted by Gasteiger charge is -2.05. The maximum absolute atomic E-state index is 5.69. The van der Waals surface area contributed by atoms with E-state index in [1.807, 2.05) is 24.3 Å². The quantitative estimate of drug-likeness (QED) is 0.691. The van der Waals surface area contributed by atoms with Crippen molar-refractivity contribution in [3.63, 3.8) is 0 Å². The largest absolute Gasteiger partial charge is 0.438 e. The van der Waals surface area contributed by atoms with E-state index in [0.29, 0.717) is 22.7 Å². The van der Waals surface area contributed by atoms with Crippen molar-refractivity contribution in [1.82, 2.24) is 20.2 Å². The van der Waals surface area contributed by atoms with Gasteiger partial charge in [0.05, 0.1) is 6.20 Å². The van der Waals surface area contributed by atoms with Crippen LogP contribution in [0, 0.1) is 3.57 Å². The topological polar surface area (TPSA) is 89.7 Å². The summed E-state index contributed by atoms with van der Waals surface area (Å²) in [6, 6.07) is 7.64. The van der Waals surface area contributed by atoms with Crippen LogP contribution in [0.2, 0.25) is 0 Å². The molecule has 3 N–H and O–H groups in total. The Hall–Kier alpha value is -1.90. The average molecular weight is 353 g/mol. The highest BCUT2D eigenvalue weighted by Crippen LogP contribution is 2.26. The molecule has 0 unspecified atom stereocenters. The van der Waals surface area contributed by atoms with Crippen LogP contribution in [0.5, 0.6) is 11.6 Å². The van der Waals surface area contributed by atoms with Crippen LogP contribution in [0.4, 0.5) is 5.95 Å². The molecule has 0 radical (unpaired) electrons. The molecule has 0 saturated heterocycles. The summed E-state index contributed by atoms with van der Waals surface area (Å²) in [7, 11) is 0. The van der Waals surface area contributed by atoms with Crippen LogP contribution in [-0.2, 0) is 0 Å². The molecule has 0 spiro atoms. The van der Waals surface area contributed by atoms with Gasteiger partial charge in [-0.05, 0) is 46.9 Å². The number of benzene rings is 1. The minimum absolute atomic E-state index is 0.146. The number of rotatable bonds is 2. The fraction of sp³-hybridized carbons (Fsp3) is 0. The lowest BCUT2D eigenvalue weighted by atomic mass is 10.3. The summed E-state index contributed by atoms with van der Waals surface area (Å²) in [4.78, 5) is 8.09. The van der Waals surface area contributed by atoms with Gasteiger partial charge < -0.3 is 10.5 Å². The SMILES string of the molecule is Nc1nc(Oc2ccc(I)cc2)c2cn[nH]c2n1. The van der Waals surface area contributed by atoms with Gasteiger partial charge >= 0.3 is 0 Å². The summed E-state index contributed by atoms with van der Waals surface area (Å²) in [5.41, 5.74) is 6.17. The molecule has 0 aliphatic rings. The lowest BCUT2D eigenvalue weighted by Crippen LogP contribution is -1.98. The van der Waals surface area contributed by atoms with Crippen molar-refractivity contribution in [2.24, 2.45) is 0 Å². The Kier molecular flexibility index (Phi) is 2.74. The van der Waals surface area contributed by atoms with Crippen molar-refractivity contribution >= 4 is 39.6 Å². The van der Waals surface area contributed by atoms with E-state index in [9.17, 15) is 0 Å². The molecule has 0 amide bonds. The molecule has 0 fully saturated rings. The highest BCUT2D eigenvalue weighted by atomic mass is 127. The summed E-state index contributed by atoms with van der Waals surface area (Å²) in [6.07, 6.45) is 1.61. The normalized spacial score (nSPS) is 10.7. The zero-order chi connectivity index (χ0) is 12.5. The van der Waals surface area contributed by atoms with Gasteiger partial charge in [0.1, 0.15) is 11.1 Å². The van der Waals surface area contributed by atoms with Gasteiger partial charge in [-0.25, -0.2) is 0 Å². The van der Waals surface area contributed by atoms with Crippen LogP contribution in [0.3, 0.4) is 0 Å². The molecule has 18 heavy (non-hydrogen) atoms. The number of aromatic nitrogens is 4. The van der Waals surface area contributed by atoms with E-state index in [-0.39, 0.29) is 5.95 Å². The number of nitrogens with one attached hydrogen (secondary N) is 1. The molecule has 0 saturated carbocycles. The van der Waals surface area contributed by atoms with E-state index >= 15 is 0 Å². The van der Waals surface area contributed by atoms with Gasteiger partial charge in [0.25, 0.3) is 0 Å². The van der Waals surface area contributed by atoms with Crippen LogP contribution < -0.4 is 10.5 Å². The molecule has 6 nitrogen and oxygen atoms in total. The number of H-pyrrole nitrogens is 1. The number of nitrogens with two attached hydrogens (primary N) is 1. The second kappa shape index (κ2) is 4.41.